The van der Waals surface area contributed by atoms with Gasteiger partial charge in [0.25, 0.3) is 0 Å². The third kappa shape index (κ3) is 1.52. The zero-order valence-corrected chi connectivity index (χ0v) is 9.17. The van der Waals surface area contributed by atoms with E-state index in [4.69, 9.17) is 21.8 Å². The fourth-order valence-corrected chi connectivity index (χ4v) is 2.44. The number of nitrogens with zero attached hydrogens (tertiary/aromatic N) is 1. The minimum absolute atomic E-state index is 0.0869. The largest absolute Gasteiger partial charge is 0.478 e. The van der Waals surface area contributed by atoms with Crippen molar-refractivity contribution in [2.24, 2.45) is 0 Å². The molecular weight excluding hydrogens is 254 g/mol. The maximum absolute atomic E-state index is 10.9. The molecule has 0 saturated heterocycles. The number of pyridine rings is 1. The first kappa shape index (κ1) is 10.8. The van der Waals surface area contributed by atoms with Crippen molar-refractivity contribution in [3.63, 3.8) is 0 Å². The van der Waals surface area contributed by atoms with Gasteiger partial charge in [-0.3, -0.25) is 0 Å². The summed E-state index contributed by atoms with van der Waals surface area (Å²) >= 11 is 7.12. The van der Waals surface area contributed by atoms with Crippen molar-refractivity contribution in [1.82, 2.24) is 4.98 Å². The second-order valence-corrected chi connectivity index (χ2v) is 4.05. The average Bonchev–Trinajstić information content (AvgIpc) is 2.64. The Morgan fingerprint density at radius 2 is 1.94 bits per heavy atom. The van der Waals surface area contributed by atoms with Gasteiger partial charge in [0.15, 0.2) is 5.69 Å². The van der Waals surface area contributed by atoms with Crippen LogP contribution in [0, 0.1) is 0 Å². The van der Waals surface area contributed by atoms with Crippen LogP contribution in [0.1, 0.15) is 20.8 Å². The molecule has 2 heterocycles. The van der Waals surface area contributed by atoms with Crippen LogP contribution in [-0.2, 0) is 0 Å². The lowest BCUT2D eigenvalue weighted by atomic mass is 10.1. The fourth-order valence-electron chi connectivity index (χ4n) is 1.31. The molecule has 2 N–H and O–H groups in total. The molecule has 0 spiro atoms. The monoisotopic (exact) mass is 257 g/mol. The molecule has 0 amide bonds. The zero-order valence-electron chi connectivity index (χ0n) is 7.60. The number of aromatic carboxylic acids is 2. The van der Waals surface area contributed by atoms with E-state index in [1.165, 1.54) is 11.3 Å². The molecule has 2 aromatic heterocycles. The highest BCUT2D eigenvalue weighted by Gasteiger charge is 2.24. The molecule has 5 nitrogen and oxygen atoms in total. The number of carboxylic acids is 2. The van der Waals surface area contributed by atoms with Gasteiger partial charge < -0.3 is 10.2 Å². The van der Waals surface area contributed by atoms with E-state index in [9.17, 15) is 9.59 Å². The van der Waals surface area contributed by atoms with Gasteiger partial charge >= 0.3 is 11.9 Å². The van der Waals surface area contributed by atoms with E-state index < -0.39 is 23.2 Å². The molecule has 0 saturated carbocycles. The molecule has 16 heavy (non-hydrogen) atoms. The van der Waals surface area contributed by atoms with Crippen LogP contribution in [0.25, 0.3) is 10.9 Å². The van der Waals surface area contributed by atoms with Crippen molar-refractivity contribution < 1.29 is 19.8 Å². The number of fused-ring (bicyclic) bond motifs is 1. The number of hydrogen-bond acceptors (Lipinski definition) is 4. The number of hydrogen-bond donors (Lipinski definition) is 2. The quantitative estimate of drug-likeness (QED) is 0.862. The van der Waals surface area contributed by atoms with Gasteiger partial charge in [0, 0.05) is 16.1 Å². The minimum Gasteiger partial charge on any atom is -0.478 e. The summed E-state index contributed by atoms with van der Waals surface area (Å²) in [5.74, 6) is -2.81. The summed E-state index contributed by atoms with van der Waals surface area (Å²) in [7, 11) is 0. The van der Waals surface area contributed by atoms with Crippen molar-refractivity contribution >= 4 is 45.8 Å². The minimum atomic E-state index is -1.41. The van der Waals surface area contributed by atoms with E-state index in [1.54, 1.807) is 10.8 Å². The van der Waals surface area contributed by atoms with Crippen LogP contribution in [0.4, 0.5) is 0 Å². The topological polar surface area (TPSA) is 87.5 Å². The summed E-state index contributed by atoms with van der Waals surface area (Å²) in [4.78, 5) is 25.6. The van der Waals surface area contributed by atoms with Crippen molar-refractivity contribution in [3.05, 3.63) is 27.0 Å². The highest BCUT2D eigenvalue weighted by atomic mass is 35.5. The van der Waals surface area contributed by atoms with Gasteiger partial charge in [-0.1, -0.05) is 11.6 Å². The third-order valence-corrected chi connectivity index (χ3v) is 3.11. The highest BCUT2D eigenvalue weighted by Crippen LogP contribution is 2.30. The number of carbonyl (C=O) groups is 2. The van der Waals surface area contributed by atoms with Crippen LogP contribution in [-0.4, -0.2) is 27.1 Å². The van der Waals surface area contributed by atoms with Crippen LogP contribution in [0.15, 0.2) is 10.8 Å². The SMILES string of the molecule is O=C(O)c1nc2cscc2c(Cl)c1C(=O)O. The summed E-state index contributed by atoms with van der Waals surface area (Å²) in [6, 6.07) is 0. The Bertz CT molecular complexity index is 607. The molecule has 0 atom stereocenters. The molecule has 0 aliphatic heterocycles. The smallest absolute Gasteiger partial charge is 0.355 e. The van der Waals surface area contributed by atoms with Crippen LogP contribution >= 0.6 is 22.9 Å². The van der Waals surface area contributed by atoms with Crippen LogP contribution in [0.5, 0.6) is 0 Å². The van der Waals surface area contributed by atoms with E-state index in [2.05, 4.69) is 4.98 Å². The highest BCUT2D eigenvalue weighted by molar-refractivity contribution is 7.09. The first-order valence-corrected chi connectivity index (χ1v) is 5.36. The van der Waals surface area contributed by atoms with Crippen LogP contribution < -0.4 is 0 Å². The third-order valence-electron chi connectivity index (χ3n) is 1.98. The van der Waals surface area contributed by atoms with Gasteiger partial charge in [0.05, 0.1) is 10.5 Å². The zero-order chi connectivity index (χ0) is 11.9. The predicted octanol–water partition coefficient (Wildman–Crippen LogP) is 2.35. The molecule has 0 aliphatic rings. The maximum atomic E-state index is 10.9. The fraction of sp³-hybridized carbons (Fsp3) is 0. The molecule has 7 heteroatoms. The number of aromatic nitrogens is 1. The van der Waals surface area contributed by atoms with Gasteiger partial charge in [0.1, 0.15) is 5.56 Å². The Hall–Kier alpha value is -1.66. The predicted molar refractivity (Wildman–Crippen MR) is 58.5 cm³/mol. The first-order valence-electron chi connectivity index (χ1n) is 4.04. The van der Waals surface area contributed by atoms with Gasteiger partial charge in [-0.15, -0.1) is 11.3 Å². The van der Waals surface area contributed by atoms with Crippen LogP contribution in [0.3, 0.4) is 0 Å². The number of thiophene rings is 1. The second-order valence-electron chi connectivity index (χ2n) is 2.93. The molecule has 0 unspecified atom stereocenters. The van der Waals surface area contributed by atoms with Gasteiger partial charge in [0.2, 0.25) is 0 Å². The van der Waals surface area contributed by atoms with Gasteiger partial charge in [-0.2, -0.15) is 0 Å². The van der Waals surface area contributed by atoms with Crippen molar-refractivity contribution in [3.8, 4) is 0 Å². The Balaban J connectivity index is 2.91. The van der Waals surface area contributed by atoms with Crippen molar-refractivity contribution in [2.75, 3.05) is 0 Å². The Morgan fingerprint density at radius 1 is 1.25 bits per heavy atom. The molecule has 0 bridgehead atoms. The summed E-state index contributed by atoms with van der Waals surface area (Å²) in [6.07, 6.45) is 0. The summed E-state index contributed by atoms with van der Waals surface area (Å²) in [5.41, 5.74) is -0.624. The molecular formula is C9H4ClNO4S. The molecule has 0 aliphatic carbocycles. The normalized spacial score (nSPS) is 10.6. The lowest BCUT2D eigenvalue weighted by molar-refractivity contribution is 0.0647. The lowest BCUT2D eigenvalue weighted by Gasteiger charge is -2.04. The van der Waals surface area contributed by atoms with E-state index >= 15 is 0 Å². The maximum Gasteiger partial charge on any atom is 0.355 e. The number of rotatable bonds is 2. The van der Waals surface area contributed by atoms with E-state index in [-0.39, 0.29) is 5.02 Å². The molecule has 0 fully saturated rings. The van der Waals surface area contributed by atoms with E-state index in [1.807, 2.05) is 0 Å². The summed E-state index contributed by atoms with van der Waals surface area (Å²) < 4.78 is 0. The van der Waals surface area contributed by atoms with Crippen LogP contribution in [0.2, 0.25) is 5.02 Å². The number of halogens is 1. The standard InChI is InChI=1S/C9H4ClNO4S/c10-6-3-1-16-2-4(3)11-7(9(14)15)5(6)8(12)13/h1-2H,(H,12,13)(H,14,15). The average molecular weight is 258 g/mol. The van der Waals surface area contributed by atoms with E-state index in [0.29, 0.717) is 10.9 Å². The molecule has 82 valence electrons. The Labute approximate surface area is 97.9 Å². The Morgan fingerprint density at radius 3 is 2.50 bits per heavy atom. The summed E-state index contributed by atoms with van der Waals surface area (Å²) in [6.45, 7) is 0. The second kappa shape index (κ2) is 3.73. The molecule has 0 radical (unpaired) electrons. The van der Waals surface area contributed by atoms with E-state index in [0.717, 1.165) is 0 Å². The lowest BCUT2D eigenvalue weighted by Crippen LogP contribution is -2.11. The Kier molecular flexibility index (Phi) is 2.53. The van der Waals surface area contributed by atoms with Gasteiger partial charge in [-0.25, -0.2) is 14.6 Å². The molecule has 2 aromatic rings. The van der Waals surface area contributed by atoms with Crippen molar-refractivity contribution in [2.45, 2.75) is 0 Å². The van der Waals surface area contributed by atoms with Crippen molar-refractivity contribution in [1.29, 1.82) is 0 Å². The first-order chi connectivity index (χ1) is 7.52. The summed E-state index contributed by atoms with van der Waals surface area (Å²) in [5, 5.41) is 21.4. The van der Waals surface area contributed by atoms with Gasteiger partial charge in [-0.05, 0) is 0 Å². The molecule has 2 rings (SSSR count). The number of carboxylic acid groups (broad SMARTS) is 2. The molecule has 0 aromatic carbocycles.